The molecule has 1 aliphatic heterocycles. The second kappa shape index (κ2) is 4.58. The van der Waals surface area contributed by atoms with Crippen LogP contribution in [0.4, 0.5) is 0 Å². The predicted octanol–water partition coefficient (Wildman–Crippen LogP) is 1.97. The Morgan fingerprint density at radius 1 is 1.42 bits per heavy atom. The second-order valence-corrected chi connectivity index (χ2v) is 4.29. The fourth-order valence-corrected chi connectivity index (χ4v) is 2.15. The normalized spacial score (nSPS) is 17.0. The van der Waals surface area contributed by atoms with Crippen molar-refractivity contribution in [1.82, 2.24) is 9.97 Å². The minimum absolute atomic E-state index is 0.244. The number of H-pyrrole nitrogens is 1. The minimum Gasteiger partial charge on any atom is -0.496 e. The Bertz CT molecular complexity index is 760. The lowest BCUT2D eigenvalue weighted by atomic mass is 10.1. The molecule has 3 rings (SSSR count). The lowest BCUT2D eigenvalue weighted by Gasteiger charge is -2.04. The molecule has 0 unspecified atom stereocenters. The summed E-state index contributed by atoms with van der Waals surface area (Å²) in [6, 6.07) is 9.12. The third kappa shape index (κ3) is 1.97. The Hall–Kier alpha value is -2.61. The van der Waals surface area contributed by atoms with Crippen molar-refractivity contribution in [2.75, 3.05) is 6.61 Å². The molecule has 94 valence electrons. The summed E-state index contributed by atoms with van der Waals surface area (Å²) in [6.45, 7) is 0.609. The van der Waals surface area contributed by atoms with E-state index in [1.54, 1.807) is 18.2 Å². The van der Waals surface area contributed by atoms with Gasteiger partial charge in [0.1, 0.15) is 17.4 Å². The number of aromatic nitrogens is 2. The van der Waals surface area contributed by atoms with E-state index in [2.05, 4.69) is 16.0 Å². The van der Waals surface area contributed by atoms with Gasteiger partial charge in [0.2, 0.25) is 0 Å². The first-order valence-electron chi connectivity index (χ1n) is 6.05. The molecule has 0 bridgehead atoms. The number of aromatic amines is 1. The van der Waals surface area contributed by atoms with Gasteiger partial charge in [0.05, 0.1) is 17.5 Å². The Morgan fingerprint density at radius 3 is 3.00 bits per heavy atom. The number of nitriles is 1. The molecule has 5 nitrogen and oxygen atoms in total. The number of ether oxygens (including phenoxy) is 1. The van der Waals surface area contributed by atoms with Crippen molar-refractivity contribution in [3.05, 3.63) is 46.2 Å². The number of nitrogens with one attached hydrogen (secondary N) is 1. The molecule has 0 amide bonds. The highest BCUT2D eigenvalue weighted by atomic mass is 16.5. The lowest BCUT2D eigenvalue weighted by Crippen LogP contribution is -2.11. The van der Waals surface area contributed by atoms with Crippen LogP contribution in [0.3, 0.4) is 0 Å². The fraction of sp³-hybridized carbons (Fsp3) is 0.214. The zero-order valence-electron chi connectivity index (χ0n) is 10.1. The van der Waals surface area contributed by atoms with Gasteiger partial charge in [-0.15, -0.1) is 0 Å². The smallest absolute Gasteiger partial charge is 0.259 e. The zero-order chi connectivity index (χ0) is 13.2. The molecule has 0 aliphatic carbocycles. The van der Waals surface area contributed by atoms with Crippen LogP contribution >= 0.6 is 0 Å². The summed E-state index contributed by atoms with van der Waals surface area (Å²) >= 11 is 0. The summed E-state index contributed by atoms with van der Waals surface area (Å²) in [5, 5.41) is 9.77. The quantitative estimate of drug-likeness (QED) is 0.788. The Morgan fingerprint density at radius 2 is 2.26 bits per heavy atom. The monoisotopic (exact) mass is 253 g/mol. The number of hydrogen-bond donors (Lipinski definition) is 1. The number of allylic oxidation sites excluding steroid dienone is 2. The van der Waals surface area contributed by atoms with E-state index in [4.69, 9.17) is 4.74 Å². The van der Waals surface area contributed by atoms with Crippen molar-refractivity contribution in [2.45, 2.75) is 12.8 Å². The minimum atomic E-state index is -0.244. The highest BCUT2D eigenvalue weighted by molar-refractivity contribution is 5.81. The third-order valence-electron chi connectivity index (χ3n) is 3.06. The van der Waals surface area contributed by atoms with E-state index in [1.165, 1.54) is 0 Å². The van der Waals surface area contributed by atoms with Crippen LogP contribution in [0.5, 0.6) is 0 Å². The number of fused-ring (bicyclic) bond motifs is 1. The largest absolute Gasteiger partial charge is 0.496 e. The van der Waals surface area contributed by atoms with Gasteiger partial charge in [-0.25, -0.2) is 4.98 Å². The number of hydrogen-bond acceptors (Lipinski definition) is 4. The molecular weight excluding hydrogens is 242 g/mol. The van der Waals surface area contributed by atoms with Gasteiger partial charge < -0.3 is 9.72 Å². The van der Waals surface area contributed by atoms with E-state index in [0.29, 0.717) is 35.3 Å². The van der Waals surface area contributed by atoms with Crippen molar-refractivity contribution in [2.24, 2.45) is 0 Å². The van der Waals surface area contributed by atoms with Crippen LogP contribution in [0, 0.1) is 11.3 Å². The maximum atomic E-state index is 12.0. The molecule has 1 aliphatic rings. The summed E-state index contributed by atoms with van der Waals surface area (Å²) < 4.78 is 5.41. The van der Waals surface area contributed by atoms with Crippen molar-refractivity contribution in [3.8, 4) is 6.07 Å². The Balaban J connectivity index is 2.23. The van der Waals surface area contributed by atoms with Gasteiger partial charge in [-0.2, -0.15) is 5.26 Å². The molecule has 2 heterocycles. The van der Waals surface area contributed by atoms with E-state index in [1.807, 2.05) is 6.07 Å². The molecule has 1 fully saturated rings. The summed E-state index contributed by atoms with van der Waals surface area (Å²) in [7, 11) is 0. The molecule has 0 atom stereocenters. The molecule has 2 aromatic rings. The number of para-hydroxylation sites is 1. The number of nitrogens with zero attached hydrogens (tertiary/aromatic N) is 2. The van der Waals surface area contributed by atoms with Crippen molar-refractivity contribution >= 4 is 16.5 Å². The molecule has 5 heteroatoms. The maximum absolute atomic E-state index is 12.0. The van der Waals surface area contributed by atoms with Crippen LogP contribution in [-0.4, -0.2) is 16.6 Å². The maximum Gasteiger partial charge on any atom is 0.259 e. The second-order valence-electron chi connectivity index (χ2n) is 4.29. The summed E-state index contributed by atoms with van der Waals surface area (Å²) in [5.74, 6) is 0.893. The average Bonchev–Trinajstić information content (AvgIpc) is 2.94. The SMILES string of the molecule is N#C/C(=C1\CCCO1)c1nc2ccccc2c(=O)[nH]1. The van der Waals surface area contributed by atoms with Crippen molar-refractivity contribution in [1.29, 1.82) is 5.26 Å². The van der Waals surface area contributed by atoms with Crippen LogP contribution < -0.4 is 5.56 Å². The van der Waals surface area contributed by atoms with E-state index in [9.17, 15) is 10.1 Å². The van der Waals surface area contributed by atoms with Crippen LogP contribution in [-0.2, 0) is 4.74 Å². The van der Waals surface area contributed by atoms with Crippen LogP contribution in [0.2, 0.25) is 0 Å². The zero-order valence-corrected chi connectivity index (χ0v) is 10.1. The van der Waals surface area contributed by atoms with E-state index in [0.717, 1.165) is 6.42 Å². The van der Waals surface area contributed by atoms with Gasteiger partial charge in [-0.05, 0) is 18.6 Å². The first kappa shape index (κ1) is 11.5. The van der Waals surface area contributed by atoms with E-state index in [-0.39, 0.29) is 11.4 Å². The van der Waals surface area contributed by atoms with Crippen LogP contribution in [0.15, 0.2) is 34.8 Å². The van der Waals surface area contributed by atoms with Crippen LogP contribution in [0.1, 0.15) is 18.7 Å². The average molecular weight is 253 g/mol. The molecule has 0 spiro atoms. The Labute approximate surface area is 109 Å². The molecule has 1 aromatic heterocycles. The molecular formula is C14H11N3O2. The van der Waals surface area contributed by atoms with Gasteiger partial charge >= 0.3 is 0 Å². The molecule has 19 heavy (non-hydrogen) atoms. The topological polar surface area (TPSA) is 78.8 Å². The van der Waals surface area contributed by atoms with Crippen molar-refractivity contribution in [3.63, 3.8) is 0 Å². The van der Waals surface area contributed by atoms with Gasteiger partial charge in [0.15, 0.2) is 5.82 Å². The molecule has 0 radical (unpaired) electrons. The summed E-state index contributed by atoms with van der Waals surface area (Å²) in [4.78, 5) is 19.0. The van der Waals surface area contributed by atoms with Crippen LogP contribution in [0.25, 0.3) is 16.5 Å². The van der Waals surface area contributed by atoms with Gasteiger partial charge in [-0.1, -0.05) is 12.1 Å². The van der Waals surface area contributed by atoms with Gasteiger partial charge in [-0.3, -0.25) is 4.79 Å². The first-order chi connectivity index (χ1) is 9.29. The lowest BCUT2D eigenvalue weighted by molar-refractivity contribution is 0.265. The summed E-state index contributed by atoms with van der Waals surface area (Å²) in [6.07, 6.45) is 1.59. The molecule has 0 saturated carbocycles. The number of benzene rings is 1. The molecule has 1 N–H and O–H groups in total. The standard InChI is InChI=1S/C14H11N3O2/c15-8-10(12-6-3-7-19-12)13-16-11-5-2-1-4-9(11)14(18)17-13/h1-2,4-5H,3,6-7H2,(H,16,17,18)/b12-10-. The van der Waals surface area contributed by atoms with E-state index >= 15 is 0 Å². The Kier molecular flexibility index (Phi) is 2.76. The summed E-state index contributed by atoms with van der Waals surface area (Å²) in [5.41, 5.74) is 0.653. The highest BCUT2D eigenvalue weighted by Crippen LogP contribution is 2.24. The fourth-order valence-electron chi connectivity index (χ4n) is 2.15. The first-order valence-corrected chi connectivity index (χ1v) is 6.05. The highest BCUT2D eigenvalue weighted by Gasteiger charge is 2.18. The number of rotatable bonds is 1. The third-order valence-corrected chi connectivity index (χ3v) is 3.06. The van der Waals surface area contributed by atoms with Gasteiger partial charge in [0, 0.05) is 6.42 Å². The van der Waals surface area contributed by atoms with Crippen molar-refractivity contribution < 1.29 is 4.74 Å². The van der Waals surface area contributed by atoms with Gasteiger partial charge in [0.25, 0.3) is 5.56 Å². The predicted molar refractivity (Wildman–Crippen MR) is 70.1 cm³/mol. The molecule has 1 aromatic carbocycles. The molecule has 1 saturated heterocycles. The van der Waals surface area contributed by atoms with E-state index < -0.39 is 0 Å².